The third-order valence-electron chi connectivity index (χ3n) is 1.86. The Morgan fingerprint density at radius 1 is 1.11 bits per heavy atom. The van der Waals surface area contributed by atoms with Crippen molar-refractivity contribution in [2.45, 2.75) is 46.0 Å². The summed E-state index contributed by atoms with van der Waals surface area (Å²) in [4.78, 5) is 11.2. The Bertz CT molecular complexity index is 302. The van der Waals surface area contributed by atoms with E-state index in [1.54, 1.807) is 27.7 Å². The lowest BCUT2D eigenvalue weighted by molar-refractivity contribution is -0.134. The highest BCUT2D eigenvalue weighted by Gasteiger charge is 2.30. The molecule has 0 radical (unpaired) electrons. The van der Waals surface area contributed by atoms with Gasteiger partial charge in [0.05, 0.1) is 18.8 Å². The van der Waals surface area contributed by atoms with Crippen LogP contribution < -0.4 is 0 Å². The maximum atomic E-state index is 12.3. The van der Waals surface area contributed by atoms with Crippen molar-refractivity contribution in [3.05, 3.63) is 0 Å². The molecule has 0 amide bonds. The average Bonchev–Trinajstić information content (AvgIpc) is 2.26. The third kappa shape index (κ3) is 7.77. The van der Waals surface area contributed by atoms with E-state index in [2.05, 4.69) is 0 Å². The summed E-state index contributed by atoms with van der Waals surface area (Å²) < 4.78 is 27.8. The van der Waals surface area contributed by atoms with Crippen molar-refractivity contribution in [1.29, 1.82) is 0 Å². The summed E-state index contributed by atoms with van der Waals surface area (Å²) >= 11 is 0. The molecule has 8 heteroatoms. The first-order valence-corrected chi connectivity index (χ1v) is 7.78. The summed E-state index contributed by atoms with van der Waals surface area (Å²) in [5.41, 5.74) is 0. The van der Waals surface area contributed by atoms with Crippen molar-refractivity contribution in [3.63, 3.8) is 0 Å². The highest BCUT2D eigenvalue weighted by molar-refractivity contribution is 7.53. The Kier molecular flexibility index (Phi) is 8.65. The number of carbonyl (C=O) groups is 1. The van der Waals surface area contributed by atoms with Crippen LogP contribution in [0.2, 0.25) is 0 Å². The standard InChI is InChI=1S/C11H23O7P/c1-8(2)17-19(15,18-9(3)4)7-16-11(6-13)10(14)5-12/h8-9,11-13H,5-7H2,1-4H3/t11-/m0/s1. The van der Waals surface area contributed by atoms with E-state index in [0.29, 0.717) is 0 Å². The van der Waals surface area contributed by atoms with E-state index < -0.39 is 39.0 Å². The van der Waals surface area contributed by atoms with Crippen LogP contribution in [0.5, 0.6) is 0 Å². The van der Waals surface area contributed by atoms with Crippen LogP contribution in [0.1, 0.15) is 27.7 Å². The van der Waals surface area contributed by atoms with Gasteiger partial charge in [-0.25, -0.2) is 0 Å². The van der Waals surface area contributed by atoms with E-state index >= 15 is 0 Å². The summed E-state index contributed by atoms with van der Waals surface area (Å²) in [7, 11) is -3.52. The lowest BCUT2D eigenvalue weighted by Crippen LogP contribution is -2.31. The van der Waals surface area contributed by atoms with Crippen LogP contribution in [0.15, 0.2) is 0 Å². The third-order valence-corrected chi connectivity index (χ3v) is 3.81. The number of ether oxygens (including phenoxy) is 1. The molecule has 0 aromatic carbocycles. The molecule has 0 heterocycles. The summed E-state index contributed by atoms with van der Waals surface area (Å²) in [6.45, 7) is 5.41. The van der Waals surface area contributed by atoms with E-state index in [-0.39, 0.29) is 12.2 Å². The number of rotatable bonds is 10. The number of Topliss-reactive ketones (excluding diaryl/α,β-unsaturated/α-hetero) is 1. The zero-order valence-corrected chi connectivity index (χ0v) is 12.6. The summed E-state index contributed by atoms with van der Waals surface area (Å²) in [6.07, 6.45) is -2.37. The van der Waals surface area contributed by atoms with Gasteiger partial charge >= 0.3 is 7.60 Å². The van der Waals surface area contributed by atoms with E-state index in [9.17, 15) is 9.36 Å². The van der Waals surface area contributed by atoms with Crippen LogP contribution in [0.4, 0.5) is 0 Å². The molecule has 0 rings (SSSR count). The number of hydrogen-bond donors (Lipinski definition) is 2. The Balaban J connectivity index is 4.64. The van der Waals surface area contributed by atoms with Crippen LogP contribution in [0.3, 0.4) is 0 Å². The van der Waals surface area contributed by atoms with Gasteiger partial charge in [-0.3, -0.25) is 9.36 Å². The molecule has 0 bridgehead atoms. The Labute approximate surface area is 113 Å². The fourth-order valence-corrected chi connectivity index (χ4v) is 3.08. The van der Waals surface area contributed by atoms with Gasteiger partial charge in [0.2, 0.25) is 0 Å². The predicted octanol–water partition coefficient (Wildman–Crippen LogP) is 0.926. The van der Waals surface area contributed by atoms with E-state index in [4.69, 9.17) is 24.0 Å². The minimum absolute atomic E-state index is 0.339. The van der Waals surface area contributed by atoms with Gasteiger partial charge in [0.25, 0.3) is 0 Å². The van der Waals surface area contributed by atoms with Crippen molar-refractivity contribution < 1.29 is 33.4 Å². The molecule has 0 aromatic rings. The van der Waals surface area contributed by atoms with Crippen molar-refractivity contribution in [2.24, 2.45) is 0 Å². The van der Waals surface area contributed by atoms with Gasteiger partial charge in [-0.15, -0.1) is 0 Å². The van der Waals surface area contributed by atoms with Crippen LogP contribution in [-0.2, 0) is 23.1 Å². The van der Waals surface area contributed by atoms with Gasteiger partial charge in [-0.2, -0.15) is 0 Å². The topological polar surface area (TPSA) is 102 Å². The number of aliphatic hydroxyl groups is 2. The largest absolute Gasteiger partial charge is 0.393 e. The first-order valence-electron chi connectivity index (χ1n) is 6.06. The molecule has 1 atom stereocenters. The zero-order chi connectivity index (χ0) is 15.1. The number of aliphatic hydroxyl groups excluding tert-OH is 2. The fraction of sp³-hybridized carbons (Fsp3) is 0.909. The minimum Gasteiger partial charge on any atom is -0.393 e. The lowest BCUT2D eigenvalue weighted by Gasteiger charge is -2.24. The van der Waals surface area contributed by atoms with Gasteiger partial charge < -0.3 is 24.0 Å². The van der Waals surface area contributed by atoms with Gasteiger partial charge in [0.15, 0.2) is 5.78 Å². The van der Waals surface area contributed by atoms with Crippen molar-refractivity contribution in [2.75, 3.05) is 19.6 Å². The molecular formula is C11H23O7P. The molecule has 0 unspecified atom stereocenters. The van der Waals surface area contributed by atoms with Gasteiger partial charge in [0, 0.05) is 0 Å². The fourth-order valence-electron chi connectivity index (χ4n) is 1.26. The second kappa shape index (κ2) is 8.79. The Morgan fingerprint density at radius 3 is 1.89 bits per heavy atom. The molecule has 2 N–H and O–H groups in total. The molecular weight excluding hydrogens is 275 g/mol. The molecule has 0 aliphatic rings. The van der Waals surface area contributed by atoms with Crippen molar-refractivity contribution >= 4 is 13.4 Å². The first kappa shape index (κ1) is 18.7. The SMILES string of the molecule is CC(C)OP(=O)(CO[C@@H](CO)C(=O)CO)OC(C)C. The molecule has 0 aliphatic heterocycles. The van der Waals surface area contributed by atoms with Gasteiger partial charge in [-0.1, -0.05) is 0 Å². The van der Waals surface area contributed by atoms with Gasteiger partial charge in [-0.05, 0) is 27.7 Å². The first-order chi connectivity index (χ1) is 8.74. The Hall–Kier alpha value is -0.300. The maximum Gasteiger partial charge on any atom is 0.356 e. The number of hydrogen-bond acceptors (Lipinski definition) is 7. The molecule has 0 fully saturated rings. The van der Waals surface area contributed by atoms with Crippen molar-refractivity contribution in [1.82, 2.24) is 0 Å². The average molecular weight is 298 g/mol. The molecule has 0 saturated heterocycles. The quantitative estimate of drug-likeness (QED) is 0.578. The molecule has 7 nitrogen and oxygen atoms in total. The molecule has 0 saturated carbocycles. The number of ketones is 1. The molecule has 114 valence electrons. The minimum atomic E-state index is -3.52. The highest BCUT2D eigenvalue weighted by Crippen LogP contribution is 2.50. The summed E-state index contributed by atoms with van der Waals surface area (Å²) in [6, 6.07) is 0. The summed E-state index contributed by atoms with van der Waals surface area (Å²) in [5, 5.41) is 17.6. The van der Waals surface area contributed by atoms with Crippen LogP contribution >= 0.6 is 7.60 Å². The molecule has 0 spiro atoms. The lowest BCUT2D eigenvalue weighted by atomic mass is 10.2. The smallest absolute Gasteiger partial charge is 0.356 e. The van der Waals surface area contributed by atoms with E-state index in [1.807, 2.05) is 0 Å². The molecule has 0 aromatic heterocycles. The van der Waals surface area contributed by atoms with Crippen LogP contribution in [0, 0.1) is 0 Å². The monoisotopic (exact) mass is 298 g/mol. The second-order valence-corrected chi connectivity index (χ2v) is 6.41. The molecule has 19 heavy (non-hydrogen) atoms. The van der Waals surface area contributed by atoms with Crippen LogP contribution in [-0.4, -0.2) is 53.9 Å². The van der Waals surface area contributed by atoms with Crippen LogP contribution in [0.25, 0.3) is 0 Å². The molecule has 0 aliphatic carbocycles. The maximum absolute atomic E-state index is 12.3. The van der Waals surface area contributed by atoms with E-state index in [1.165, 1.54) is 0 Å². The van der Waals surface area contributed by atoms with Gasteiger partial charge in [0.1, 0.15) is 19.1 Å². The van der Waals surface area contributed by atoms with Crippen molar-refractivity contribution in [3.8, 4) is 0 Å². The number of carbonyl (C=O) groups excluding carboxylic acids is 1. The normalized spacial score (nSPS) is 14.1. The second-order valence-electron chi connectivity index (χ2n) is 4.51. The predicted molar refractivity (Wildman–Crippen MR) is 69.0 cm³/mol. The summed E-state index contributed by atoms with van der Waals surface area (Å²) in [5.74, 6) is -0.692. The Morgan fingerprint density at radius 2 is 1.58 bits per heavy atom. The highest BCUT2D eigenvalue weighted by atomic mass is 31.2. The zero-order valence-electron chi connectivity index (χ0n) is 11.7. The van der Waals surface area contributed by atoms with E-state index in [0.717, 1.165) is 0 Å².